The molecule has 0 aliphatic carbocycles. The van der Waals surface area contributed by atoms with Crippen molar-refractivity contribution in [2.45, 2.75) is 33.2 Å². The zero-order valence-electron chi connectivity index (χ0n) is 14.6. The molecule has 2 aromatic carbocycles. The van der Waals surface area contributed by atoms with E-state index in [0.29, 0.717) is 5.92 Å². The Morgan fingerprint density at radius 2 is 1.52 bits per heavy atom. The summed E-state index contributed by atoms with van der Waals surface area (Å²) in [4.78, 5) is 5.09. The van der Waals surface area contributed by atoms with E-state index >= 15 is 0 Å². The highest BCUT2D eigenvalue weighted by atomic mass is 15.3. The number of anilines is 1. The average Bonchev–Trinajstić information content (AvgIpc) is 2.57. The number of hydrogen-bond donors (Lipinski definition) is 0. The molecule has 1 aliphatic rings. The monoisotopic (exact) mass is 308 g/mol. The molecule has 3 rings (SSSR count). The summed E-state index contributed by atoms with van der Waals surface area (Å²) in [6.07, 6.45) is 0. The number of para-hydroxylation sites is 1. The molecule has 2 nitrogen and oxygen atoms in total. The van der Waals surface area contributed by atoms with Gasteiger partial charge in [-0.3, -0.25) is 4.90 Å². The molecule has 0 unspecified atom stereocenters. The molecule has 1 saturated heterocycles. The number of rotatable bonds is 4. The molecule has 0 aromatic heterocycles. The van der Waals surface area contributed by atoms with E-state index in [4.69, 9.17) is 0 Å². The molecule has 122 valence electrons. The fourth-order valence-electron chi connectivity index (χ4n) is 3.33. The van der Waals surface area contributed by atoms with Crippen LogP contribution in [0.15, 0.2) is 48.5 Å². The summed E-state index contributed by atoms with van der Waals surface area (Å²) in [5, 5.41) is 0. The lowest BCUT2D eigenvalue weighted by Crippen LogP contribution is -2.46. The van der Waals surface area contributed by atoms with E-state index in [1.807, 2.05) is 0 Å². The SMILES string of the molecule is Cc1ccccc1N1CCN(Cc2ccc(C(C)C)cc2)CC1. The van der Waals surface area contributed by atoms with Gasteiger partial charge in [0.25, 0.3) is 0 Å². The highest BCUT2D eigenvalue weighted by Gasteiger charge is 2.18. The predicted molar refractivity (Wildman–Crippen MR) is 99.2 cm³/mol. The van der Waals surface area contributed by atoms with Crippen LogP contribution in [0.3, 0.4) is 0 Å². The molecule has 0 spiro atoms. The first kappa shape index (κ1) is 16.1. The van der Waals surface area contributed by atoms with Gasteiger partial charge < -0.3 is 4.90 Å². The van der Waals surface area contributed by atoms with Crippen molar-refractivity contribution in [1.82, 2.24) is 4.90 Å². The van der Waals surface area contributed by atoms with Crippen molar-refractivity contribution in [3.63, 3.8) is 0 Å². The van der Waals surface area contributed by atoms with Crippen LogP contribution in [0.2, 0.25) is 0 Å². The van der Waals surface area contributed by atoms with Gasteiger partial charge in [0.05, 0.1) is 0 Å². The van der Waals surface area contributed by atoms with E-state index in [1.54, 1.807) is 0 Å². The summed E-state index contributed by atoms with van der Waals surface area (Å²) >= 11 is 0. The minimum atomic E-state index is 0.613. The zero-order chi connectivity index (χ0) is 16.2. The van der Waals surface area contributed by atoms with Gasteiger partial charge in [-0.1, -0.05) is 56.3 Å². The van der Waals surface area contributed by atoms with Gasteiger partial charge in [0.15, 0.2) is 0 Å². The van der Waals surface area contributed by atoms with E-state index in [-0.39, 0.29) is 0 Å². The maximum absolute atomic E-state index is 2.57. The fourth-order valence-corrected chi connectivity index (χ4v) is 3.33. The second-order valence-electron chi connectivity index (χ2n) is 6.95. The van der Waals surface area contributed by atoms with Crippen LogP contribution in [-0.4, -0.2) is 31.1 Å². The van der Waals surface area contributed by atoms with E-state index in [0.717, 1.165) is 32.7 Å². The maximum atomic E-state index is 2.57. The minimum Gasteiger partial charge on any atom is -0.369 e. The quantitative estimate of drug-likeness (QED) is 0.824. The first-order chi connectivity index (χ1) is 11.1. The van der Waals surface area contributed by atoms with Gasteiger partial charge in [0.1, 0.15) is 0 Å². The number of hydrogen-bond acceptors (Lipinski definition) is 2. The molecule has 1 aliphatic heterocycles. The molecule has 23 heavy (non-hydrogen) atoms. The molecule has 0 atom stereocenters. The van der Waals surface area contributed by atoms with Crippen LogP contribution in [0.25, 0.3) is 0 Å². The van der Waals surface area contributed by atoms with Gasteiger partial charge in [0, 0.05) is 38.4 Å². The van der Waals surface area contributed by atoms with Crippen LogP contribution in [0.5, 0.6) is 0 Å². The Labute approximate surface area is 140 Å². The summed E-state index contributed by atoms with van der Waals surface area (Å²) in [7, 11) is 0. The van der Waals surface area contributed by atoms with Gasteiger partial charge in [-0.15, -0.1) is 0 Å². The van der Waals surface area contributed by atoms with Crippen LogP contribution in [0, 0.1) is 6.92 Å². The topological polar surface area (TPSA) is 6.48 Å². The van der Waals surface area contributed by atoms with E-state index in [1.165, 1.54) is 22.4 Å². The third kappa shape index (κ3) is 3.94. The standard InChI is InChI=1S/C21H28N2/c1-17(2)20-10-8-19(9-11-20)16-22-12-14-23(15-13-22)21-7-5-4-6-18(21)3/h4-11,17H,12-16H2,1-3H3. The third-order valence-corrected chi connectivity index (χ3v) is 4.88. The summed E-state index contributed by atoms with van der Waals surface area (Å²) < 4.78 is 0. The molecular formula is C21H28N2. The number of benzene rings is 2. The molecule has 1 fully saturated rings. The first-order valence-electron chi connectivity index (χ1n) is 8.75. The largest absolute Gasteiger partial charge is 0.369 e. The van der Waals surface area contributed by atoms with Crippen molar-refractivity contribution in [2.24, 2.45) is 0 Å². The van der Waals surface area contributed by atoms with Gasteiger partial charge in [-0.2, -0.15) is 0 Å². The summed E-state index contributed by atoms with van der Waals surface area (Å²) in [6, 6.07) is 17.9. The Balaban J connectivity index is 1.56. The zero-order valence-corrected chi connectivity index (χ0v) is 14.6. The molecule has 0 bridgehead atoms. The Morgan fingerprint density at radius 3 is 2.13 bits per heavy atom. The Bertz CT molecular complexity index is 623. The third-order valence-electron chi connectivity index (χ3n) is 4.88. The maximum Gasteiger partial charge on any atom is 0.0396 e. The molecule has 0 amide bonds. The van der Waals surface area contributed by atoms with Crippen LogP contribution in [-0.2, 0) is 6.54 Å². The molecule has 0 N–H and O–H groups in total. The number of aryl methyl sites for hydroxylation is 1. The molecular weight excluding hydrogens is 280 g/mol. The second kappa shape index (κ2) is 7.18. The van der Waals surface area contributed by atoms with Gasteiger partial charge in [-0.25, -0.2) is 0 Å². The van der Waals surface area contributed by atoms with Crippen molar-refractivity contribution < 1.29 is 0 Å². The van der Waals surface area contributed by atoms with Gasteiger partial charge >= 0.3 is 0 Å². The van der Waals surface area contributed by atoms with Crippen LogP contribution >= 0.6 is 0 Å². The van der Waals surface area contributed by atoms with Crippen molar-refractivity contribution in [2.75, 3.05) is 31.1 Å². The number of nitrogens with zero attached hydrogens (tertiary/aromatic N) is 2. The van der Waals surface area contributed by atoms with Crippen LogP contribution in [0.4, 0.5) is 5.69 Å². The molecule has 1 heterocycles. The van der Waals surface area contributed by atoms with Crippen LogP contribution in [0.1, 0.15) is 36.5 Å². The highest BCUT2D eigenvalue weighted by Crippen LogP contribution is 2.21. The minimum absolute atomic E-state index is 0.613. The van der Waals surface area contributed by atoms with Crippen molar-refractivity contribution in [1.29, 1.82) is 0 Å². The fraction of sp³-hybridized carbons (Fsp3) is 0.429. The Kier molecular flexibility index (Phi) is 5.02. The van der Waals surface area contributed by atoms with Gasteiger partial charge in [0.2, 0.25) is 0 Å². The smallest absolute Gasteiger partial charge is 0.0396 e. The summed E-state index contributed by atoms with van der Waals surface area (Å²) in [6.45, 7) is 12.3. The lowest BCUT2D eigenvalue weighted by molar-refractivity contribution is 0.250. The summed E-state index contributed by atoms with van der Waals surface area (Å²) in [5.74, 6) is 0.613. The Morgan fingerprint density at radius 1 is 0.870 bits per heavy atom. The Hall–Kier alpha value is -1.80. The summed E-state index contributed by atoms with van der Waals surface area (Å²) in [5.41, 5.74) is 5.63. The van der Waals surface area contributed by atoms with Crippen LogP contribution < -0.4 is 4.90 Å². The van der Waals surface area contributed by atoms with Crippen molar-refractivity contribution >= 4 is 5.69 Å². The lowest BCUT2D eigenvalue weighted by Gasteiger charge is -2.36. The average molecular weight is 308 g/mol. The van der Waals surface area contributed by atoms with Gasteiger partial charge in [-0.05, 0) is 35.6 Å². The van der Waals surface area contributed by atoms with E-state index in [9.17, 15) is 0 Å². The van der Waals surface area contributed by atoms with Crippen molar-refractivity contribution in [3.8, 4) is 0 Å². The molecule has 2 aromatic rings. The molecule has 0 radical (unpaired) electrons. The second-order valence-corrected chi connectivity index (χ2v) is 6.95. The van der Waals surface area contributed by atoms with Crippen molar-refractivity contribution in [3.05, 3.63) is 65.2 Å². The molecule has 0 saturated carbocycles. The normalized spacial score (nSPS) is 16.1. The first-order valence-corrected chi connectivity index (χ1v) is 8.75. The predicted octanol–water partition coefficient (Wildman–Crippen LogP) is 4.44. The highest BCUT2D eigenvalue weighted by molar-refractivity contribution is 5.53. The number of piperazine rings is 1. The van der Waals surface area contributed by atoms with E-state index < -0.39 is 0 Å². The molecule has 2 heteroatoms. The lowest BCUT2D eigenvalue weighted by atomic mass is 10.0. The van der Waals surface area contributed by atoms with E-state index in [2.05, 4.69) is 79.1 Å².